The van der Waals surface area contributed by atoms with Crippen LogP contribution in [0.15, 0.2) is 67.6 Å². The minimum Gasteiger partial charge on any atom is -0.347 e. The Bertz CT molecular complexity index is 1200. The summed E-state index contributed by atoms with van der Waals surface area (Å²) in [5.74, 6) is 0.436. The lowest BCUT2D eigenvalue weighted by molar-refractivity contribution is -0.655. The van der Waals surface area contributed by atoms with Crippen LogP contribution < -0.4 is 4.68 Å². The van der Waals surface area contributed by atoms with Crippen LogP contribution in [0.1, 0.15) is 17.2 Å². The molecule has 26 heavy (non-hydrogen) atoms. The topological polar surface area (TPSA) is 56.3 Å². The van der Waals surface area contributed by atoms with Crippen molar-refractivity contribution in [3.8, 4) is 5.69 Å². The summed E-state index contributed by atoms with van der Waals surface area (Å²) in [6, 6.07) is 10.2. The number of nitrogens with zero attached hydrogens (tertiary/aromatic N) is 7. The smallest absolute Gasteiger partial charge is 0.276 e. The Morgan fingerprint density at radius 3 is 3.04 bits per heavy atom. The highest BCUT2D eigenvalue weighted by Crippen LogP contribution is 2.30. The third kappa shape index (κ3) is 2.00. The van der Waals surface area contributed by atoms with Gasteiger partial charge in [-0.25, -0.2) is 9.50 Å². The number of pyridine rings is 1. The van der Waals surface area contributed by atoms with Crippen molar-refractivity contribution >= 4 is 11.3 Å². The molecule has 7 heteroatoms. The molecule has 0 saturated carbocycles. The third-order valence-electron chi connectivity index (χ3n) is 5.16. The Hall–Kier alpha value is -3.48. The molecule has 1 atom stereocenters. The van der Waals surface area contributed by atoms with Crippen LogP contribution in [0.4, 0.5) is 0 Å². The molecule has 1 aliphatic rings. The van der Waals surface area contributed by atoms with E-state index in [9.17, 15) is 0 Å². The van der Waals surface area contributed by atoms with Gasteiger partial charge in [0.05, 0.1) is 18.6 Å². The fourth-order valence-electron chi connectivity index (χ4n) is 3.83. The summed E-state index contributed by atoms with van der Waals surface area (Å²) in [4.78, 5) is 4.50. The average Bonchev–Trinajstić information content (AvgIpc) is 3.40. The van der Waals surface area contributed by atoms with Crippen molar-refractivity contribution in [2.75, 3.05) is 0 Å². The predicted octanol–water partition coefficient (Wildman–Crippen LogP) is 1.80. The van der Waals surface area contributed by atoms with E-state index in [4.69, 9.17) is 0 Å². The average molecular weight is 342 g/mol. The van der Waals surface area contributed by atoms with Crippen molar-refractivity contribution in [3.05, 3.63) is 78.9 Å². The van der Waals surface area contributed by atoms with Gasteiger partial charge in [-0.05, 0) is 23.1 Å². The molecule has 6 rings (SSSR count). The van der Waals surface area contributed by atoms with Crippen LogP contribution in [0, 0.1) is 0 Å². The first-order valence-electron chi connectivity index (χ1n) is 8.68. The maximum Gasteiger partial charge on any atom is 0.276 e. The van der Waals surface area contributed by atoms with E-state index in [1.807, 2.05) is 56.6 Å². The number of rotatable bonds is 2. The summed E-state index contributed by atoms with van der Waals surface area (Å²) in [6.07, 6.45) is 13.1. The van der Waals surface area contributed by atoms with Crippen LogP contribution in [0.2, 0.25) is 0 Å². The molecule has 6 heterocycles. The second-order valence-corrected chi connectivity index (χ2v) is 6.79. The molecule has 0 aliphatic carbocycles. The highest BCUT2D eigenvalue weighted by atomic mass is 15.4. The maximum atomic E-state index is 4.65. The van der Waals surface area contributed by atoms with Gasteiger partial charge in [0.25, 0.3) is 12.0 Å². The molecule has 0 aromatic carbocycles. The van der Waals surface area contributed by atoms with E-state index in [1.165, 1.54) is 11.3 Å². The first kappa shape index (κ1) is 13.8. The Morgan fingerprint density at radius 2 is 2.12 bits per heavy atom. The van der Waals surface area contributed by atoms with Gasteiger partial charge in [0.2, 0.25) is 0 Å². The molecular formula is C19H16N7+. The fourth-order valence-corrected chi connectivity index (χ4v) is 3.83. The largest absolute Gasteiger partial charge is 0.347 e. The van der Waals surface area contributed by atoms with Crippen molar-refractivity contribution in [2.45, 2.75) is 18.9 Å². The molecule has 5 aromatic heterocycles. The normalized spacial score (nSPS) is 16.5. The Balaban J connectivity index is 1.31. The van der Waals surface area contributed by atoms with Crippen LogP contribution in [0.5, 0.6) is 0 Å². The summed E-state index contributed by atoms with van der Waals surface area (Å²) < 4.78 is 8.13. The zero-order chi connectivity index (χ0) is 17.1. The van der Waals surface area contributed by atoms with E-state index in [1.54, 1.807) is 6.20 Å². The summed E-state index contributed by atoms with van der Waals surface area (Å²) >= 11 is 0. The van der Waals surface area contributed by atoms with E-state index < -0.39 is 0 Å². The van der Waals surface area contributed by atoms with Gasteiger partial charge in [-0.1, -0.05) is 10.7 Å². The minimum absolute atomic E-state index is 0.436. The molecule has 0 N–H and O–H groups in total. The standard InChI is InChI=1S/C19H16N7/c1-2-6-23-13-26(22-19(23)3-1)17-8-16-7-14(10-24(16)12-17)15-9-20-18-4-5-21-25(18)11-15/h1-6,8-9,11-14H,7,10H2/q+1. The van der Waals surface area contributed by atoms with Gasteiger partial charge in [0.1, 0.15) is 0 Å². The Labute approximate surface area is 148 Å². The molecule has 1 unspecified atom stereocenters. The lowest BCUT2D eigenvalue weighted by atomic mass is 10.00. The zero-order valence-electron chi connectivity index (χ0n) is 14.0. The van der Waals surface area contributed by atoms with E-state index in [0.717, 1.165) is 29.9 Å². The Kier molecular flexibility index (Phi) is 2.65. The fraction of sp³-hybridized carbons (Fsp3) is 0.158. The molecule has 5 aromatic rings. The molecule has 0 fully saturated rings. The van der Waals surface area contributed by atoms with Gasteiger partial charge in [0.15, 0.2) is 11.3 Å². The van der Waals surface area contributed by atoms with Gasteiger partial charge in [-0.3, -0.25) is 0 Å². The van der Waals surface area contributed by atoms with Crippen molar-refractivity contribution in [2.24, 2.45) is 0 Å². The third-order valence-corrected chi connectivity index (χ3v) is 5.16. The van der Waals surface area contributed by atoms with E-state index in [-0.39, 0.29) is 0 Å². The van der Waals surface area contributed by atoms with Crippen LogP contribution in [0.25, 0.3) is 17.0 Å². The molecule has 0 spiro atoms. The second-order valence-electron chi connectivity index (χ2n) is 6.79. The number of hydrogen-bond acceptors (Lipinski definition) is 3. The van der Waals surface area contributed by atoms with E-state index in [0.29, 0.717) is 5.92 Å². The first-order chi connectivity index (χ1) is 12.8. The first-order valence-corrected chi connectivity index (χ1v) is 8.68. The Morgan fingerprint density at radius 1 is 1.12 bits per heavy atom. The quantitative estimate of drug-likeness (QED) is 0.460. The highest BCUT2D eigenvalue weighted by Gasteiger charge is 2.26. The van der Waals surface area contributed by atoms with E-state index >= 15 is 0 Å². The SMILES string of the molecule is c1ccn2c[n+](-c3cc4n(c3)CC(c3cnc5ccnn5c3)C4)nc2c1. The summed E-state index contributed by atoms with van der Waals surface area (Å²) in [5.41, 5.74) is 5.48. The van der Waals surface area contributed by atoms with Crippen molar-refractivity contribution in [1.29, 1.82) is 0 Å². The number of aromatic nitrogens is 7. The highest BCUT2D eigenvalue weighted by molar-refractivity contribution is 5.38. The van der Waals surface area contributed by atoms with Crippen LogP contribution in [-0.4, -0.2) is 28.7 Å². The molecule has 7 nitrogen and oxygen atoms in total. The van der Waals surface area contributed by atoms with E-state index in [2.05, 4.69) is 38.2 Å². The molecule has 0 bridgehead atoms. The molecule has 0 amide bonds. The van der Waals surface area contributed by atoms with Gasteiger partial charge >= 0.3 is 0 Å². The lowest BCUT2D eigenvalue weighted by Gasteiger charge is -2.09. The molecule has 126 valence electrons. The second kappa shape index (κ2) is 5.01. The predicted molar refractivity (Wildman–Crippen MR) is 94.1 cm³/mol. The molecule has 0 radical (unpaired) electrons. The lowest BCUT2D eigenvalue weighted by Crippen LogP contribution is -2.31. The minimum atomic E-state index is 0.436. The number of fused-ring (bicyclic) bond motifs is 3. The summed E-state index contributed by atoms with van der Waals surface area (Å²) in [7, 11) is 0. The van der Waals surface area contributed by atoms with Crippen LogP contribution >= 0.6 is 0 Å². The monoisotopic (exact) mass is 342 g/mol. The maximum absolute atomic E-state index is 4.65. The van der Waals surface area contributed by atoms with Crippen molar-refractivity contribution < 1.29 is 4.68 Å². The van der Waals surface area contributed by atoms with Gasteiger partial charge < -0.3 is 4.57 Å². The van der Waals surface area contributed by atoms with Gasteiger partial charge in [0, 0.05) is 48.7 Å². The summed E-state index contributed by atoms with van der Waals surface area (Å²) in [6.45, 7) is 0.956. The molecule has 0 saturated heterocycles. The van der Waals surface area contributed by atoms with Crippen LogP contribution in [-0.2, 0) is 13.0 Å². The van der Waals surface area contributed by atoms with Crippen molar-refractivity contribution in [1.82, 2.24) is 28.7 Å². The molecular weight excluding hydrogens is 326 g/mol. The van der Waals surface area contributed by atoms with Crippen molar-refractivity contribution in [3.63, 3.8) is 0 Å². The summed E-state index contributed by atoms with van der Waals surface area (Å²) in [5, 5.41) is 8.94. The molecule has 1 aliphatic heterocycles. The number of hydrogen-bond donors (Lipinski definition) is 0. The van der Waals surface area contributed by atoms with Gasteiger partial charge in [-0.2, -0.15) is 9.50 Å². The van der Waals surface area contributed by atoms with Crippen LogP contribution in [0.3, 0.4) is 0 Å². The zero-order valence-corrected chi connectivity index (χ0v) is 14.0. The van der Waals surface area contributed by atoms with Gasteiger partial charge in [-0.15, -0.1) is 0 Å².